The Bertz CT molecular complexity index is 1360. The van der Waals surface area contributed by atoms with Gasteiger partial charge in [0.15, 0.2) is 5.75 Å². The van der Waals surface area contributed by atoms with Crippen molar-refractivity contribution in [2.75, 3.05) is 11.9 Å². The lowest BCUT2D eigenvalue weighted by atomic mass is 10.1. The second kappa shape index (κ2) is 11.2. The third-order valence-corrected chi connectivity index (χ3v) is 6.44. The summed E-state index contributed by atoms with van der Waals surface area (Å²) in [4.78, 5) is 38.1. The van der Waals surface area contributed by atoms with E-state index in [1.165, 1.54) is 24.3 Å². The maximum absolute atomic E-state index is 13.8. The Balaban J connectivity index is 1.44. The number of anilines is 1. The lowest BCUT2D eigenvalue weighted by Crippen LogP contribution is -2.38. The SMILES string of the molecule is O=C(CN1C(=O)N/C(=C/c2cc(Cl)c(OCc3ccc(Br)cc3)c(Br)c2)C1=O)Nc1ccccc1F. The average molecular weight is 638 g/mol. The number of halogens is 4. The minimum Gasteiger partial charge on any atom is -0.486 e. The maximum Gasteiger partial charge on any atom is 0.329 e. The predicted octanol–water partition coefficient (Wildman–Crippen LogP) is 6.11. The normalized spacial score (nSPS) is 14.2. The quantitative estimate of drug-likeness (QED) is 0.242. The Morgan fingerprint density at radius 3 is 2.53 bits per heavy atom. The first-order valence-corrected chi connectivity index (χ1v) is 12.4. The molecule has 0 aromatic heterocycles. The Morgan fingerprint density at radius 2 is 1.83 bits per heavy atom. The molecule has 0 aliphatic carbocycles. The monoisotopic (exact) mass is 635 g/mol. The van der Waals surface area contributed by atoms with Crippen molar-refractivity contribution in [3.8, 4) is 5.75 Å². The van der Waals surface area contributed by atoms with Gasteiger partial charge in [0.05, 0.1) is 15.2 Å². The van der Waals surface area contributed by atoms with Gasteiger partial charge in [-0.25, -0.2) is 14.1 Å². The second-order valence-electron chi connectivity index (χ2n) is 7.64. The van der Waals surface area contributed by atoms with Gasteiger partial charge >= 0.3 is 6.03 Å². The van der Waals surface area contributed by atoms with Crippen LogP contribution in [-0.4, -0.2) is 29.3 Å². The number of ether oxygens (including phenoxy) is 1. The summed E-state index contributed by atoms with van der Waals surface area (Å²) < 4.78 is 21.1. The molecule has 36 heavy (non-hydrogen) atoms. The number of para-hydroxylation sites is 1. The minimum absolute atomic E-state index is 0.0369. The summed E-state index contributed by atoms with van der Waals surface area (Å²) in [6, 6.07) is 15.7. The van der Waals surface area contributed by atoms with Crippen LogP contribution in [0.15, 0.2) is 75.3 Å². The van der Waals surface area contributed by atoms with Crippen LogP contribution in [0, 0.1) is 5.82 Å². The minimum atomic E-state index is -0.769. The highest BCUT2D eigenvalue weighted by molar-refractivity contribution is 9.10. The molecule has 0 spiro atoms. The number of carbonyl (C=O) groups excluding carboxylic acids is 3. The highest BCUT2D eigenvalue weighted by Gasteiger charge is 2.35. The van der Waals surface area contributed by atoms with Gasteiger partial charge in [0, 0.05) is 4.47 Å². The van der Waals surface area contributed by atoms with Crippen LogP contribution in [0.25, 0.3) is 6.08 Å². The molecule has 2 N–H and O–H groups in total. The average Bonchev–Trinajstić information content (AvgIpc) is 3.08. The van der Waals surface area contributed by atoms with Crippen LogP contribution in [0.4, 0.5) is 14.9 Å². The largest absolute Gasteiger partial charge is 0.486 e. The van der Waals surface area contributed by atoms with E-state index < -0.39 is 30.2 Å². The molecule has 1 heterocycles. The second-order valence-corrected chi connectivity index (χ2v) is 9.81. The van der Waals surface area contributed by atoms with Crippen molar-refractivity contribution in [3.63, 3.8) is 0 Å². The van der Waals surface area contributed by atoms with Gasteiger partial charge in [-0.1, -0.05) is 51.8 Å². The van der Waals surface area contributed by atoms with Gasteiger partial charge in [0.25, 0.3) is 5.91 Å². The molecule has 4 rings (SSSR count). The number of carbonyl (C=O) groups is 3. The van der Waals surface area contributed by atoms with Gasteiger partial charge < -0.3 is 15.4 Å². The van der Waals surface area contributed by atoms with Crippen molar-refractivity contribution >= 4 is 73.1 Å². The zero-order valence-electron chi connectivity index (χ0n) is 18.4. The molecular weight excluding hydrogens is 621 g/mol. The smallest absolute Gasteiger partial charge is 0.329 e. The van der Waals surface area contributed by atoms with E-state index in [1.54, 1.807) is 18.2 Å². The van der Waals surface area contributed by atoms with Crippen molar-refractivity contribution in [2.45, 2.75) is 6.61 Å². The molecule has 4 amide bonds. The standard InChI is InChI=1S/C25H17Br2ClFN3O4/c26-16-7-5-14(6-8-16)13-36-23-17(27)9-15(10-18(23)28)11-21-24(34)32(25(35)31-21)12-22(33)30-20-4-2-1-3-19(20)29/h1-11H,12-13H2,(H,30,33)(H,31,35)/b21-11+. The number of hydrogen-bond acceptors (Lipinski definition) is 4. The van der Waals surface area contributed by atoms with Crippen LogP contribution < -0.4 is 15.4 Å². The molecule has 1 saturated heterocycles. The van der Waals surface area contributed by atoms with Crippen molar-refractivity contribution in [3.05, 3.63) is 97.3 Å². The summed E-state index contributed by atoms with van der Waals surface area (Å²) in [6.07, 6.45) is 1.43. The highest BCUT2D eigenvalue weighted by Crippen LogP contribution is 2.36. The number of imide groups is 1. The third-order valence-electron chi connectivity index (χ3n) is 5.04. The molecule has 0 radical (unpaired) electrons. The van der Waals surface area contributed by atoms with Gasteiger partial charge in [-0.05, 0) is 69.5 Å². The molecule has 0 bridgehead atoms. The summed E-state index contributed by atoms with van der Waals surface area (Å²) >= 11 is 13.2. The zero-order valence-corrected chi connectivity index (χ0v) is 22.3. The Kier molecular flexibility index (Phi) is 8.07. The topological polar surface area (TPSA) is 87.7 Å². The van der Waals surface area contributed by atoms with E-state index in [-0.39, 0.29) is 11.4 Å². The van der Waals surface area contributed by atoms with Crippen molar-refractivity contribution in [1.82, 2.24) is 10.2 Å². The summed E-state index contributed by atoms with van der Waals surface area (Å²) in [6.45, 7) is -0.284. The van der Waals surface area contributed by atoms with E-state index in [2.05, 4.69) is 42.5 Å². The number of hydrogen-bond donors (Lipinski definition) is 2. The zero-order chi connectivity index (χ0) is 25.8. The van der Waals surface area contributed by atoms with E-state index in [0.717, 1.165) is 14.9 Å². The first-order chi connectivity index (χ1) is 17.2. The number of urea groups is 1. The van der Waals surface area contributed by atoms with E-state index in [1.807, 2.05) is 24.3 Å². The fourth-order valence-electron chi connectivity index (χ4n) is 3.31. The van der Waals surface area contributed by atoms with Gasteiger partial charge in [-0.3, -0.25) is 9.59 Å². The van der Waals surface area contributed by atoms with Gasteiger partial charge in [-0.15, -0.1) is 0 Å². The number of amides is 4. The number of nitrogens with zero attached hydrogens (tertiary/aromatic N) is 1. The van der Waals surface area contributed by atoms with Gasteiger partial charge in [0.1, 0.15) is 24.7 Å². The molecule has 11 heteroatoms. The molecule has 0 saturated carbocycles. The van der Waals surface area contributed by atoms with Crippen LogP contribution >= 0.6 is 43.5 Å². The Morgan fingerprint density at radius 1 is 1.11 bits per heavy atom. The van der Waals surface area contributed by atoms with Gasteiger partial charge in [0.2, 0.25) is 5.91 Å². The van der Waals surface area contributed by atoms with Crippen molar-refractivity contribution in [1.29, 1.82) is 0 Å². The third kappa shape index (κ3) is 6.13. The Hall–Kier alpha value is -3.21. The molecule has 184 valence electrons. The number of benzene rings is 3. The van der Waals surface area contributed by atoms with E-state index in [4.69, 9.17) is 16.3 Å². The van der Waals surface area contributed by atoms with Crippen LogP contribution in [0.1, 0.15) is 11.1 Å². The van der Waals surface area contributed by atoms with Crippen LogP contribution in [0.3, 0.4) is 0 Å². The molecule has 1 aliphatic rings. The van der Waals surface area contributed by atoms with Gasteiger partial charge in [-0.2, -0.15) is 0 Å². The van der Waals surface area contributed by atoms with Crippen LogP contribution in [-0.2, 0) is 16.2 Å². The lowest BCUT2D eigenvalue weighted by Gasteiger charge is -2.12. The molecule has 3 aromatic carbocycles. The molecule has 3 aromatic rings. The maximum atomic E-state index is 13.8. The van der Waals surface area contributed by atoms with Crippen LogP contribution in [0.5, 0.6) is 5.75 Å². The summed E-state index contributed by atoms with van der Waals surface area (Å²) in [5.41, 5.74) is 1.38. The fourth-order valence-corrected chi connectivity index (χ4v) is 4.57. The number of rotatable bonds is 7. The Labute approximate surface area is 227 Å². The molecule has 7 nitrogen and oxygen atoms in total. The molecular formula is C25H17Br2ClFN3O4. The molecule has 0 atom stereocenters. The molecule has 1 aliphatic heterocycles. The van der Waals surface area contributed by atoms with E-state index >= 15 is 0 Å². The first kappa shape index (κ1) is 25.9. The highest BCUT2D eigenvalue weighted by atomic mass is 79.9. The summed E-state index contributed by atoms with van der Waals surface area (Å²) in [7, 11) is 0. The predicted molar refractivity (Wildman–Crippen MR) is 141 cm³/mol. The molecule has 1 fully saturated rings. The van der Waals surface area contributed by atoms with Crippen LogP contribution in [0.2, 0.25) is 5.02 Å². The number of nitrogens with one attached hydrogen (secondary N) is 2. The van der Waals surface area contributed by atoms with E-state index in [9.17, 15) is 18.8 Å². The van der Waals surface area contributed by atoms with Crippen molar-refractivity contribution < 1.29 is 23.5 Å². The fraction of sp³-hybridized carbons (Fsp3) is 0.0800. The van der Waals surface area contributed by atoms with E-state index in [0.29, 0.717) is 27.4 Å². The lowest BCUT2D eigenvalue weighted by molar-refractivity contribution is -0.127. The summed E-state index contributed by atoms with van der Waals surface area (Å²) in [5.74, 6) is -1.63. The van der Waals surface area contributed by atoms with Crippen molar-refractivity contribution in [2.24, 2.45) is 0 Å². The first-order valence-electron chi connectivity index (χ1n) is 10.5. The summed E-state index contributed by atoms with van der Waals surface area (Å²) in [5, 5.41) is 5.08. The molecule has 0 unspecified atom stereocenters.